The lowest BCUT2D eigenvalue weighted by molar-refractivity contribution is -0.117. The molecule has 0 spiro atoms. The highest BCUT2D eigenvalue weighted by atomic mass is 16.2. The van der Waals surface area contributed by atoms with Crippen LogP contribution in [-0.4, -0.2) is 55.0 Å². The van der Waals surface area contributed by atoms with Crippen LogP contribution in [0, 0.1) is 0 Å². The van der Waals surface area contributed by atoms with Crippen molar-refractivity contribution >= 4 is 17.7 Å². The second kappa shape index (κ2) is 10.7. The molecular formula is C27H29N3O. The predicted octanol–water partition coefficient (Wildman–Crippen LogP) is 4.62. The second-order valence-corrected chi connectivity index (χ2v) is 7.88. The molecule has 1 heterocycles. The molecule has 1 N–H and O–H groups in total. The molecule has 1 aliphatic rings. The molecule has 158 valence electrons. The highest BCUT2D eigenvalue weighted by molar-refractivity contribution is 5.92. The minimum atomic E-state index is 0.0462. The molecule has 1 aliphatic heterocycles. The maximum atomic E-state index is 12.5. The molecule has 31 heavy (non-hydrogen) atoms. The van der Waals surface area contributed by atoms with E-state index in [0.29, 0.717) is 6.54 Å². The molecule has 0 aliphatic carbocycles. The molecule has 0 bridgehead atoms. The van der Waals surface area contributed by atoms with Crippen LogP contribution in [0.1, 0.15) is 5.56 Å². The van der Waals surface area contributed by atoms with Gasteiger partial charge in [0.05, 0.1) is 6.54 Å². The summed E-state index contributed by atoms with van der Waals surface area (Å²) >= 11 is 0. The lowest BCUT2D eigenvalue weighted by Gasteiger charge is -2.33. The van der Waals surface area contributed by atoms with E-state index in [2.05, 4.69) is 63.7 Å². The molecule has 0 atom stereocenters. The average Bonchev–Trinajstić information content (AvgIpc) is 2.82. The van der Waals surface area contributed by atoms with Crippen molar-refractivity contribution < 1.29 is 4.79 Å². The first-order chi connectivity index (χ1) is 15.3. The van der Waals surface area contributed by atoms with E-state index in [-0.39, 0.29) is 5.91 Å². The summed E-state index contributed by atoms with van der Waals surface area (Å²) in [6.07, 6.45) is 4.39. The Hall–Kier alpha value is -3.21. The number of nitrogens with zero attached hydrogens (tertiary/aromatic N) is 2. The van der Waals surface area contributed by atoms with Crippen LogP contribution in [0.2, 0.25) is 0 Å². The van der Waals surface area contributed by atoms with Gasteiger partial charge in [-0.15, -0.1) is 0 Å². The van der Waals surface area contributed by atoms with Crippen LogP contribution in [0.4, 0.5) is 5.69 Å². The molecule has 4 nitrogen and oxygen atoms in total. The monoisotopic (exact) mass is 411 g/mol. The fraction of sp³-hybridized carbons (Fsp3) is 0.222. The maximum Gasteiger partial charge on any atom is 0.238 e. The number of carbonyl (C=O) groups excluding carboxylic acids is 1. The molecule has 1 saturated heterocycles. The van der Waals surface area contributed by atoms with Gasteiger partial charge >= 0.3 is 0 Å². The van der Waals surface area contributed by atoms with Gasteiger partial charge in [-0.2, -0.15) is 0 Å². The fourth-order valence-electron chi connectivity index (χ4n) is 3.81. The van der Waals surface area contributed by atoms with Crippen molar-refractivity contribution in [3.63, 3.8) is 0 Å². The summed E-state index contributed by atoms with van der Waals surface area (Å²) in [5, 5.41) is 3.03. The van der Waals surface area contributed by atoms with E-state index in [4.69, 9.17) is 0 Å². The van der Waals surface area contributed by atoms with Crippen molar-refractivity contribution in [2.24, 2.45) is 0 Å². The van der Waals surface area contributed by atoms with Crippen molar-refractivity contribution in [1.29, 1.82) is 0 Å². The van der Waals surface area contributed by atoms with E-state index in [1.807, 2.05) is 48.5 Å². The Labute approximate surface area is 184 Å². The summed E-state index contributed by atoms with van der Waals surface area (Å²) in [4.78, 5) is 17.1. The first-order valence-electron chi connectivity index (χ1n) is 10.9. The van der Waals surface area contributed by atoms with Gasteiger partial charge in [-0.25, -0.2) is 0 Å². The van der Waals surface area contributed by atoms with Crippen molar-refractivity contribution in [3.8, 4) is 11.1 Å². The maximum absolute atomic E-state index is 12.5. The summed E-state index contributed by atoms with van der Waals surface area (Å²) < 4.78 is 0. The Kier molecular flexibility index (Phi) is 7.27. The number of hydrogen-bond acceptors (Lipinski definition) is 3. The zero-order chi connectivity index (χ0) is 21.3. The van der Waals surface area contributed by atoms with E-state index < -0.39 is 0 Å². The summed E-state index contributed by atoms with van der Waals surface area (Å²) in [6, 6.07) is 28.7. The molecule has 3 aromatic carbocycles. The highest BCUT2D eigenvalue weighted by Gasteiger charge is 2.18. The molecule has 0 saturated carbocycles. The van der Waals surface area contributed by atoms with Crippen LogP contribution < -0.4 is 5.32 Å². The van der Waals surface area contributed by atoms with Crippen LogP contribution in [-0.2, 0) is 4.79 Å². The van der Waals surface area contributed by atoms with E-state index >= 15 is 0 Å². The van der Waals surface area contributed by atoms with E-state index in [1.165, 1.54) is 11.1 Å². The SMILES string of the molecule is O=C(CN1CCN(C/C=C/c2ccccc2)CC1)Nc1ccc(-c2ccccc2)cc1. The largest absolute Gasteiger partial charge is 0.325 e. The normalized spacial score (nSPS) is 15.2. The van der Waals surface area contributed by atoms with Crippen LogP contribution >= 0.6 is 0 Å². The van der Waals surface area contributed by atoms with Crippen LogP contribution in [0.15, 0.2) is 91.0 Å². The zero-order valence-corrected chi connectivity index (χ0v) is 17.8. The van der Waals surface area contributed by atoms with Gasteiger partial charge in [0.15, 0.2) is 0 Å². The number of anilines is 1. The van der Waals surface area contributed by atoms with Crippen molar-refractivity contribution in [1.82, 2.24) is 9.80 Å². The van der Waals surface area contributed by atoms with Crippen LogP contribution in [0.25, 0.3) is 17.2 Å². The molecule has 0 radical (unpaired) electrons. The number of rotatable bonds is 7. The second-order valence-electron chi connectivity index (χ2n) is 7.88. The Morgan fingerprint density at radius 2 is 1.32 bits per heavy atom. The van der Waals surface area contributed by atoms with Gasteiger partial charge in [-0.3, -0.25) is 14.6 Å². The predicted molar refractivity (Wildman–Crippen MR) is 129 cm³/mol. The summed E-state index contributed by atoms with van der Waals surface area (Å²) in [7, 11) is 0. The summed E-state index contributed by atoms with van der Waals surface area (Å²) in [6.45, 7) is 5.19. The number of benzene rings is 3. The molecule has 4 rings (SSSR count). The molecule has 1 amide bonds. The van der Waals surface area contributed by atoms with Crippen molar-refractivity contribution in [3.05, 3.63) is 96.6 Å². The Morgan fingerprint density at radius 3 is 2.00 bits per heavy atom. The standard InChI is InChI=1S/C27H29N3O/c31-27(28-26-15-13-25(14-16-26)24-11-5-2-6-12-24)22-30-20-18-29(19-21-30)17-7-10-23-8-3-1-4-9-23/h1-16H,17-22H2,(H,28,31)/b10-7+. The Morgan fingerprint density at radius 1 is 0.742 bits per heavy atom. The third-order valence-corrected chi connectivity index (χ3v) is 5.58. The van der Waals surface area contributed by atoms with Crippen LogP contribution in [0.5, 0.6) is 0 Å². The van der Waals surface area contributed by atoms with E-state index in [1.54, 1.807) is 0 Å². The molecule has 0 aromatic heterocycles. The number of hydrogen-bond donors (Lipinski definition) is 1. The van der Waals surface area contributed by atoms with Gasteiger partial charge in [0.1, 0.15) is 0 Å². The molecule has 0 unspecified atom stereocenters. The van der Waals surface area contributed by atoms with Gasteiger partial charge in [0.25, 0.3) is 0 Å². The number of amides is 1. The quantitative estimate of drug-likeness (QED) is 0.616. The Balaban J connectivity index is 1.19. The van der Waals surface area contributed by atoms with Gasteiger partial charge in [-0.1, -0.05) is 84.9 Å². The van der Waals surface area contributed by atoms with Gasteiger partial charge in [0, 0.05) is 38.4 Å². The van der Waals surface area contributed by atoms with Gasteiger partial charge in [0.2, 0.25) is 5.91 Å². The summed E-state index contributed by atoms with van der Waals surface area (Å²) in [5.41, 5.74) is 4.40. The van der Waals surface area contributed by atoms with Gasteiger partial charge < -0.3 is 5.32 Å². The third-order valence-electron chi connectivity index (χ3n) is 5.58. The minimum absolute atomic E-state index is 0.0462. The van der Waals surface area contributed by atoms with Crippen molar-refractivity contribution in [2.75, 3.05) is 44.6 Å². The van der Waals surface area contributed by atoms with Gasteiger partial charge in [-0.05, 0) is 28.8 Å². The van der Waals surface area contributed by atoms with Crippen LogP contribution in [0.3, 0.4) is 0 Å². The molecule has 1 fully saturated rings. The third kappa shape index (κ3) is 6.38. The first-order valence-corrected chi connectivity index (χ1v) is 10.9. The molecule has 3 aromatic rings. The first kappa shape index (κ1) is 21.0. The lowest BCUT2D eigenvalue weighted by Crippen LogP contribution is -2.48. The topological polar surface area (TPSA) is 35.6 Å². The minimum Gasteiger partial charge on any atom is -0.325 e. The molecular weight excluding hydrogens is 382 g/mol. The highest BCUT2D eigenvalue weighted by Crippen LogP contribution is 2.21. The lowest BCUT2D eigenvalue weighted by atomic mass is 10.1. The average molecular weight is 412 g/mol. The van der Waals surface area contributed by atoms with E-state index in [0.717, 1.165) is 44.0 Å². The van der Waals surface area contributed by atoms with Crippen molar-refractivity contribution in [2.45, 2.75) is 0 Å². The zero-order valence-electron chi connectivity index (χ0n) is 17.8. The smallest absolute Gasteiger partial charge is 0.238 e. The summed E-state index contributed by atoms with van der Waals surface area (Å²) in [5.74, 6) is 0.0462. The number of nitrogens with one attached hydrogen (secondary N) is 1. The molecule has 4 heteroatoms. The number of piperazine rings is 1. The Bertz CT molecular complexity index is 976. The fourth-order valence-corrected chi connectivity index (χ4v) is 3.81. The number of carbonyl (C=O) groups is 1. The van der Waals surface area contributed by atoms with E-state index in [9.17, 15) is 4.79 Å².